The third-order valence-corrected chi connectivity index (χ3v) is 7.50. The lowest BCUT2D eigenvalue weighted by Gasteiger charge is -2.26. The molecule has 1 aliphatic heterocycles. The van der Waals surface area contributed by atoms with E-state index in [0.29, 0.717) is 38.4 Å². The van der Waals surface area contributed by atoms with Crippen LogP contribution in [0.5, 0.6) is 0 Å². The van der Waals surface area contributed by atoms with E-state index in [4.69, 9.17) is 9.72 Å². The van der Waals surface area contributed by atoms with Crippen molar-refractivity contribution in [2.45, 2.75) is 31.3 Å². The molecule has 4 rings (SSSR count). The Morgan fingerprint density at radius 2 is 1.97 bits per heavy atom. The Balaban J connectivity index is 1.54. The van der Waals surface area contributed by atoms with Gasteiger partial charge in [-0.25, -0.2) is 13.4 Å². The van der Waals surface area contributed by atoms with Crippen LogP contribution in [-0.4, -0.2) is 72.1 Å². The molecule has 2 aromatic heterocycles. The van der Waals surface area contributed by atoms with Gasteiger partial charge in [0.2, 0.25) is 10.0 Å². The number of imidazole rings is 1. The fourth-order valence-electron chi connectivity index (χ4n) is 3.90. The van der Waals surface area contributed by atoms with Crippen molar-refractivity contribution in [3.05, 3.63) is 54.1 Å². The van der Waals surface area contributed by atoms with Crippen LogP contribution in [0.15, 0.2) is 47.5 Å². The Morgan fingerprint density at radius 3 is 2.68 bits per heavy atom. The molecule has 0 saturated carbocycles. The van der Waals surface area contributed by atoms with Crippen LogP contribution in [0.25, 0.3) is 11.0 Å². The van der Waals surface area contributed by atoms with E-state index in [1.807, 2.05) is 30.5 Å². The number of rotatable bonds is 8. The maximum Gasteiger partial charge on any atom is 0.243 e. The summed E-state index contributed by atoms with van der Waals surface area (Å²) in [5.41, 5.74) is 2.73. The number of aromatic nitrogens is 3. The first-order chi connectivity index (χ1) is 15.0. The van der Waals surface area contributed by atoms with Crippen LogP contribution >= 0.6 is 0 Å². The molecule has 0 unspecified atom stereocenters. The monoisotopic (exact) mass is 443 g/mol. The van der Waals surface area contributed by atoms with Gasteiger partial charge in [0.15, 0.2) is 0 Å². The van der Waals surface area contributed by atoms with Gasteiger partial charge in [0.25, 0.3) is 0 Å². The Morgan fingerprint density at radius 1 is 1.16 bits per heavy atom. The molecule has 0 radical (unpaired) electrons. The standard InChI is InChI=1S/C22H29N5O3S/c1-3-27-21-8-7-19(31(28,29)26-12-14-30-15-13-26)16-20(21)24-22(27)17-25(2)11-9-18-6-4-5-10-23-18/h4-8,10,16H,3,9,11-15,17H2,1-2H3. The smallest absolute Gasteiger partial charge is 0.243 e. The van der Waals surface area contributed by atoms with E-state index >= 15 is 0 Å². The number of benzene rings is 1. The molecule has 0 amide bonds. The summed E-state index contributed by atoms with van der Waals surface area (Å²) < 4.78 is 34.9. The number of pyridine rings is 1. The molecule has 8 nitrogen and oxygen atoms in total. The van der Waals surface area contributed by atoms with Crippen molar-refractivity contribution >= 4 is 21.1 Å². The van der Waals surface area contributed by atoms with Crippen molar-refractivity contribution in [3.63, 3.8) is 0 Å². The van der Waals surface area contributed by atoms with Gasteiger partial charge >= 0.3 is 0 Å². The van der Waals surface area contributed by atoms with Gasteiger partial charge in [0.05, 0.1) is 35.7 Å². The number of aryl methyl sites for hydroxylation is 1. The van der Waals surface area contributed by atoms with E-state index in [1.165, 1.54) is 4.31 Å². The molecule has 31 heavy (non-hydrogen) atoms. The molecule has 0 atom stereocenters. The first-order valence-electron chi connectivity index (χ1n) is 10.6. The minimum Gasteiger partial charge on any atom is -0.379 e. The molecular formula is C22H29N5O3S. The predicted molar refractivity (Wildman–Crippen MR) is 119 cm³/mol. The SMILES string of the molecule is CCn1c(CN(C)CCc2ccccn2)nc2cc(S(=O)(=O)N3CCOCC3)ccc21. The van der Waals surface area contributed by atoms with Crippen LogP contribution in [0.4, 0.5) is 0 Å². The molecular weight excluding hydrogens is 414 g/mol. The molecule has 0 bridgehead atoms. The van der Waals surface area contributed by atoms with Gasteiger partial charge < -0.3 is 9.30 Å². The highest BCUT2D eigenvalue weighted by Gasteiger charge is 2.27. The maximum absolute atomic E-state index is 13.0. The molecule has 0 N–H and O–H groups in total. The fourth-order valence-corrected chi connectivity index (χ4v) is 5.33. The zero-order valence-corrected chi connectivity index (χ0v) is 18.9. The third-order valence-electron chi connectivity index (χ3n) is 5.61. The average molecular weight is 444 g/mol. The second kappa shape index (κ2) is 9.44. The number of morpholine rings is 1. The van der Waals surface area contributed by atoms with E-state index in [-0.39, 0.29) is 4.90 Å². The molecule has 1 fully saturated rings. The van der Waals surface area contributed by atoms with Crippen molar-refractivity contribution in [3.8, 4) is 0 Å². The number of ether oxygens (including phenoxy) is 1. The highest BCUT2D eigenvalue weighted by Crippen LogP contribution is 2.24. The molecule has 166 valence electrons. The topological polar surface area (TPSA) is 80.6 Å². The van der Waals surface area contributed by atoms with Crippen molar-refractivity contribution in [2.24, 2.45) is 0 Å². The van der Waals surface area contributed by atoms with Gasteiger partial charge in [0, 0.05) is 44.5 Å². The van der Waals surface area contributed by atoms with Gasteiger partial charge in [-0.15, -0.1) is 0 Å². The summed E-state index contributed by atoms with van der Waals surface area (Å²) in [7, 11) is -1.47. The van der Waals surface area contributed by atoms with E-state index in [0.717, 1.165) is 36.5 Å². The minimum absolute atomic E-state index is 0.290. The Bertz CT molecular complexity index is 1120. The van der Waals surface area contributed by atoms with Crippen LogP contribution in [0.1, 0.15) is 18.4 Å². The molecule has 3 heterocycles. The van der Waals surface area contributed by atoms with E-state index < -0.39 is 10.0 Å². The second-order valence-electron chi connectivity index (χ2n) is 7.75. The molecule has 0 aliphatic carbocycles. The van der Waals surface area contributed by atoms with Crippen LogP contribution in [0.3, 0.4) is 0 Å². The zero-order chi connectivity index (χ0) is 21.8. The maximum atomic E-state index is 13.0. The molecule has 9 heteroatoms. The summed E-state index contributed by atoms with van der Waals surface area (Å²) in [4.78, 5) is 11.7. The lowest BCUT2D eigenvalue weighted by molar-refractivity contribution is 0.0730. The van der Waals surface area contributed by atoms with Crippen molar-refractivity contribution in [1.29, 1.82) is 0 Å². The van der Waals surface area contributed by atoms with Crippen LogP contribution < -0.4 is 0 Å². The van der Waals surface area contributed by atoms with Crippen molar-refractivity contribution in [1.82, 2.24) is 23.7 Å². The average Bonchev–Trinajstić information content (AvgIpc) is 3.15. The molecule has 1 aliphatic rings. The number of nitrogens with zero attached hydrogens (tertiary/aromatic N) is 5. The van der Waals surface area contributed by atoms with E-state index in [1.54, 1.807) is 12.1 Å². The minimum atomic E-state index is -3.54. The zero-order valence-electron chi connectivity index (χ0n) is 18.1. The Labute approximate surface area is 183 Å². The van der Waals surface area contributed by atoms with Crippen LogP contribution in [-0.2, 0) is 34.3 Å². The number of likely N-dealkylation sites (N-methyl/N-ethyl adjacent to an activating group) is 1. The molecule has 0 spiro atoms. The largest absolute Gasteiger partial charge is 0.379 e. The highest BCUT2D eigenvalue weighted by atomic mass is 32.2. The Kier molecular flexibility index (Phi) is 6.66. The normalized spacial score (nSPS) is 15.7. The van der Waals surface area contributed by atoms with Crippen LogP contribution in [0.2, 0.25) is 0 Å². The van der Waals surface area contributed by atoms with Gasteiger partial charge in [-0.3, -0.25) is 9.88 Å². The van der Waals surface area contributed by atoms with Gasteiger partial charge in [-0.2, -0.15) is 4.31 Å². The predicted octanol–water partition coefficient (Wildman–Crippen LogP) is 2.15. The first kappa shape index (κ1) is 21.9. The second-order valence-corrected chi connectivity index (χ2v) is 9.69. The molecule has 3 aromatic rings. The lowest BCUT2D eigenvalue weighted by atomic mass is 10.2. The first-order valence-corrected chi connectivity index (χ1v) is 12.1. The summed E-state index contributed by atoms with van der Waals surface area (Å²) in [6, 6.07) is 11.2. The van der Waals surface area contributed by atoms with Crippen LogP contribution in [0, 0.1) is 0 Å². The number of hydrogen-bond donors (Lipinski definition) is 0. The summed E-state index contributed by atoms with van der Waals surface area (Å²) in [6.07, 6.45) is 2.68. The summed E-state index contributed by atoms with van der Waals surface area (Å²) in [6.45, 7) is 6.03. The van der Waals surface area contributed by atoms with Crippen molar-refractivity contribution < 1.29 is 13.2 Å². The lowest BCUT2D eigenvalue weighted by Crippen LogP contribution is -2.40. The third kappa shape index (κ3) is 4.79. The molecule has 1 saturated heterocycles. The Hall–Kier alpha value is -2.33. The van der Waals surface area contributed by atoms with E-state index in [9.17, 15) is 8.42 Å². The van der Waals surface area contributed by atoms with Crippen molar-refractivity contribution in [2.75, 3.05) is 39.9 Å². The summed E-state index contributed by atoms with van der Waals surface area (Å²) in [5.74, 6) is 0.932. The highest BCUT2D eigenvalue weighted by molar-refractivity contribution is 7.89. The summed E-state index contributed by atoms with van der Waals surface area (Å²) in [5, 5.41) is 0. The van der Waals surface area contributed by atoms with Gasteiger partial charge in [-0.05, 0) is 44.3 Å². The number of fused-ring (bicyclic) bond motifs is 1. The quantitative estimate of drug-likeness (QED) is 0.531. The summed E-state index contributed by atoms with van der Waals surface area (Å²) >= 11 is 0. The van der Waals surface area contributed by atoms with Gasteiger partial charge in [-0.1, -0.05) is 6.07 Å². The van der Waals surface area contributed by atoms with E-state index in [2.05, 4.69) is 28.4 Å². The number of hydrogen-bond acceptors (Lipinski definition) is 6. The molecule has 1 aromatic carbocycles. The number of sulfonamides is 1. The fraction of sp³-hybridized carbons (Fsp3) is 0.455. The van der Waals surface area contributed by atoms with Gasteiger partial charge in [0.1, 0.15) is 5.82 Å².